The molecule has 0 radical (unpaired) electrons. The second-order valence-electron chi connectivity index (χ2n) is 29.3. The smallest absolute Gasteiger partial charge is 0.339 e. The van der Waals surface area contributed by atoms with Gasteiger partial charge < -0.3 is 74.2 Å². The minimum absolute atomic E-state index is 0.0418. The number of carboxylic acid groups (broad SMARTS) is 5. The molecule has 0 atom stereocenters. The first-order valence-electron chi connectivity index (χ1n) is 39.9. The average Bonchev–Trinajstić information content (AvgIpc) is 1.58. The van der Waals surface area contributed by atoms with Gasteiger partial charge in [-0.1, -0.05) is 196 Å². The van der Waals surface area contributed by atoms with Gasteiger partial charge in [0.1, 0.15) is 73.9 Å². The molecule has 0 saturated heterocycles. The Morgan fingerprint density at radius 2 is 0.549 bits per heavy atom. The van der Waals surface area contributed by atoms with E-state index in [1.165, 1.54) is 69.0 Å². The van der Waals surface area contributed by atoms with Crippen molar-refractivity contribution in [3.05, 3.63) is 368 Å². The molecule has 0 unspecified atom stereocenters. The molecule has 5 amide bonds. The number of nitrogens with one attached hydrogen (secondary N) is 5. The van der Waals surface area contributed by atoms with Crippen LogP contribution in [-0.2, 0) is 0 Å². The van der Waals surface area contributed by atoms with Crippen molar-refractivity contribution in [3.63, 3.8) is 0 Å². The summed E-state index contributed by atoms with van der Waals surface area (Å²) < 4.78 is 28.1. The van der Waals surface area contributed by atoms with Crippen LogP contribution in [0.15, 0.2) is 278 Å². The molecule has 0 spiro atoms. The van der Waals surface area contributed by atoms with Crippen molar-refractivity contribution in [2.75, 3.05) is 26.6 Å². The van der Waals surface area contributed by atoms with E-state index < -0.39 is 53.5 Å². The maximum absolute atomic E-state index is 12.9. The fourth-order valence-corrected chi connectivity index (χ4v) is 19.1. The highest BCUT2D eigenvalue weighted by molar-refractivity contribution is 9.10. The SMILES string of the molecule is Cc1cc(C(=O)Nc2csc(-c3ccc(Cl)cc3)c2C(=O)O)c(C)o1.Cc1ccc(-c2scc(NC(=O)c3cc(-c4ccccc4)oc3C)c2C(=O)O)cc1.Cc1ccc(-c2scc(NC(=O)c3cc(C)oc3C)c2C(=O)O)cc1.Cc1oc(-c2ccccc2)cc1C(=O)Nc1csc(-c2ccc(Cl)cc2)c1C(=O)O.O=C(Nc1csc(-c2ccc(Br)cc2)c1C(=O)O)c1ccco1. The first-order chi connectivity index (χ1) is 63.7. The molecule has 0 saturated carbocycles. The molecular weight excluding hydrogens is 1900 g/mol. The number of amides is 5. The molecule has 0 aliphatic heterocycles. The summed E-state index contributed by atoms with van der Waals surface area (Å²) in [4.78, 5) is 125. The molecule has 17 aromatic rings. The topological polar surface area (TPSA) is 398 Å². The lowest BCUT2D eigenvalue weighted by atomic mass is 10.1. The van der Waals surface area contributed by atoms with Gasteiger partial charge in [0.2, 0.25) is 0 Å². The lowest BCUT2D eigenvalue weighted by molar-refractivity contribution is 0.0688. The molecule has 0 bridgehead atoms. The number of furan rings is 5. The first-order valence-corrected chi connectivity index (χ1v) is 45.8. The van der Waals surface area contributed by atoms with E-state index in [1.54, 1.807) is 147 Å². The molecule has 33 heteroatoms. The minimum atomic E-state index is -1.12. The fraction of sp³-hybridized carbons (Fsp3) is 0.0800. The summed E-state index contributed by atoms with van der Waals surface area (Å²) >= 11 is 21.5. The molecule has 672 valence electrons. The van der Waals surface area contributed by atoms with E-state index in [4.69, 9.17) is 45.3 Å². The third kappa shape index (κ3) is 23.2. The number of benzene rings is 7. The maximum Gasteiger partial charge on any atom is 0.339 e. The zero-order chi connectivity index (χ0) is 95.2. The molecule has 17 rings (SSSR count). The van der Waals surface area contributed by atoms with Gasteiger partial charge >= 0.3 is 29.8 Å². The van der Waals surface area contributed by atoms with E-state index in [9.17, 15) is 73.5 Å². The van der Waals surface area contributed by atoms with Gasteiger partial charge in [0.15, 0.2) is 5.76 Å². The van der Waals surface area contributed by atoms with Gasteiger partial charge in [0, 0.05) is 52.5 Å². The van der Waals surface area contributed by atoms with Crippen LogP contribution < -0.4 is 26.6 Å². The van der Waals surface area contributed by atoms with Crippen LogP contribution in [0, 0.1) is 55.4 Å². The van der Waals surface area contributed by atoms with Crippen molar-refractivity contribution < 1.29 is 95.6 Å². The average molecular weight is 1980 g/mol. The molecule has 133 heavy (non-hydrogen) atoms. The third-order valence-corrected chi connectivity index (χ3v) is 26.1. The monoisotopic (exact) mass is 1980 g/mol. The van der Waals surface area contributed by atoms with Crippen molar-refractivity contribution >= 4 is 184 Å². The number of hydrogen-bond donors (Lipinski definition) is 10. The highest BCUT2D eigenvalue weighted by atomic mass is 79.9. The number of rotatable bonds is 22. The van der Waals surface area contributed by atoms with Crippen LogP contribution in [0.3, 0.4) is 0 Å². The van der Waals surface area contributed by atoms with Crippen molar-refractivity contribution in [1.82, 2.24) is 0 Å². The maximum atomic E-state index is 12.9. The Balaban J connectivity index is 0.000000142. The van der Waals surface area contributed by atoms with Crippen molar-refractivity contribution in [3.8, 4) is 74.9 Å². The molecule has 10 aromatic heterocycles. The Kier molecular flexibility index (Phi) is 30.8. The van der Waals surface area contributed by atoms with E-state index in [0.717, 1.165) is 49.0 Å². The summed E-state index contributed by atoms with van der Waals surface area (Å²) in [7, 11) is 0. The number of aromatic carboxylic acids is 5. The predicted octanol–water partition coefficient (Wildman–Crippen LogP) is 27.7. The second-order valence-corrected chi connectivity index (χ2v) is 35.5. The molecule has 10 N–H and O–H groups in total. The molecule has 0 aliphatic carbocycles. The summed E-state index contributed by atoms with van der Waals surface area (Å²) in [6.45, 7) is 14.2. The Morgan fingerprint density at radius 3 is 0.805 bits per heavy atom. The van der Waals surface area contributed by atoms with Gasteiger partial charge in [-0.05, 0) is 156 Å². The first kappa shape index (κ1) is 95.8. The molecule has 0 aliphatic rings. The minimum Gasteiger partial charge on any atom is -0.478 e. The zero-order valence-corrected chi connectivity index (χ0v) is 78.5. The standard InChI is InChI=1S/C24H19NO4S.C23H16ClNO4S.C19H17NO4S.C18H14ClNO4S.C16H10BrNO4S/c1-14-8-10-17(11-9-14)22-21(24(27)28)19(13-30-22)25-23(26)18-12-20(29-15(18)2)16-6-4-3-5-7-16;1-13-17(11-19(29-13)14-5-3-2-4-6-14)22(26)25-18-12-30-21(20(18)23(27)28)15-7-9-16(24)10-8-15;1-10-4-6-13(7-5-10)17-16(19(22)23)15(9-25-17)20-18(21)14-8-11(2)24-12(14)3;1-9-7-13(10(2)24-9)17(21)20-14-8-25-16(15(14)18(22)23)11-3-5-12(19)6-4-11;17-10-5-3-9(4-6-10)14-13(16(20)21)11(8-23-14)18-15(19)12-2-1-7-22-12/h3-13H,1-2H3,(H,25,26)(H,27,28);2-12H,1H3,(H,25,26)(H,27,28);4-9H,1-3H3,(H,20,21)(H,22,23);3-8H,1-2H3,(H,20,21)(H,22,23);1-8H,(H,18,19)(H,20,21). The van der Waals surface area contributed by atoms with Crippen LogP contribution in [0.1, 0.15) is 149 Å². The molecule has 10 heterocycles. The van der Waals surface area contributed by atoms with Gasteiger partial charge in [0.05, 0.1) is 81.3 Å². The van der Waals surface area contributed by atoms with E-state index in [0.29, 0.717) is 108 Å². The molecule has 7 aromatic carbocycles. The lowest BCUT2D eigenvalue weighted by Crippen LogP contribution is -2.14. The quantitative estimate of drug-likeness (QED) is 0.0301. The number of anilines is 5. The number of aryl methyl sites for hydroxylation is 8. The van der Waals surface area contributed by atoms with E-state index in [-0.39, 0.29) is 67.9 Å². The summed E-state index contributed by atoms with van der Waals surface area (Å²) in [6.07, 6.45) is 1.38. The number of carbonyl (C=O) groups is 10. The van der Waals surface area contributed by atoms with Crippen molar-refractivity contribution in [1.29, 1.82) is 0 Å². The van der Waals surface area contributed by atoms with Crippen LogP contribution in [-0.4, -0.2) is 84.9 Å². The van der Waals surface area contributed by atoms with Crippen LogP contribution in [0.5, 0.6) is 0 Å². The van der Waals surface area contributed by atoms with Gasteiger partial charge in [0.25, 0.3) is 29.5 Å². The largest absolute Gasteiger partial charge is 0.478 e. The van der Waals surface area contributed by atoms with E-state index >= 15 is 0 Å². The summed E-state index contributed by atoms with van der Waals surface area (Å²) in [5, 5.41) is 71.0. The van der Waals surface area contributed by atoms with Crippen LogP contribution in [0.25, 0.3) is 74.9 Å². The molecular formula is C100H76BrCl2N5O20S5. The van der Waals surface area contributed by atoms with Crippen molar-refractivity contribution in [2.24, 2.45) is 0 Å². The predicted molar refractivity (Wildman–Crippen MR) is 523 cm³/mol. The number of carboxylic acids is 5. The zero-order valence-electron chi connectivity index (χ0n) is 71.3. The fourth-order valence-electron chi connectivity index (χ4n) is 13.6. The van der Waals surface area contributed by atoms with Crippen LogP contribution >= 0.6 is 95.8 Å². The Labute approximate surface area is 797 Å². The Bertz CT molecular complexity index is 6830. The highest BCUT2D eigenvalue weighted by Crippen LogP contribution is 2.44. The second kappa shape index (κ2) is 42.8. The number of thiophene rings is 5. The lowest BCUT2D eigenvalue weighted by Gasteiger charge is -2.06. The van der Waals surface area contributed by atoms with Gasteiger partial charge in [-0.25, -0.2) is 24.0 Å². The summed E-state index contributed by atoms with van der Waals surface area (Å²) in [5.74, 6) is -3.16. The normalized spacial score (nSPS) is 10.7. The number of hydrogen-bond acceptors (Lipinski definition) is 20. The number of carbonyl (C=O) groups excluding carboxylic acids is 5. The van der Waals surface area contributed by atoms with Gasteiger partial charge in [-0.2, -0.15) is 0 Å². The summed E-state index contributed by atoms with van der Waals surface area (Å²) in [5.41, 5.74) is 10.9. The van der Waals surface area contributed by atoms with Gasteiger partial charge in [-0.3, -0.25) is 24.0 Å². The Morgan fingerprint density at radius 1 is 0.293 bits per heavy atom. The highest BCUT2D eigenvalue weighted by Gasteiger charge is 2.30. The number of halogens is 3. The molecule has 25 nitrogen and oxygen atoms in total. The van der Waals surface area contributed by atoms with E-state index in [1.807, 2.05) is 147 Å². The summed E-state index contributed by atoms with van der Waals surface area (Å²) in [6, 6.07) is 64.9. The van der Waals surface area contributed by atoms with Gasteiger partial charge in [-0.15, -0.1) is 56.7 Å². The van der Waals surface area contributed by atoms with Crippen LogP contribution in [0.4, 0.5) is 28.4 Å². The van der Waals surface area contributed by atoms with Crippen molar-refractivity contribution in [2.45, 2.75) is 55.4 Å². The third-order valence-electron chi connectivity index (χ3n) is 20.0. The van der Waals surface area contributed by atoms with Crippen LogP contribution in [0.2, 0.25) is 10.0 Å². The molecule has 0 fully saturated rings. The van der Waals surface area contributed by atoms with E-state index in [2.05, 4.69) is 42.5 Å². The Hall–Kier alpha value is -14.8.